The van der Waals surface area contributed by atoms with Gasteiger partial charge in [-0.25, -0.2) is 0 Å². The van der Waals surface area contributed by atoms with Crippen molar-refractivity contribution in [1.82, 2.24) is 4.57 Å². The Hall–Kier alpha value is -5.02. The first-order valence-corrected chi connectivity index (χ1v) is 14.8. The van der Waals surface area contributed by atoms with Gasteiger partial charge in [0.25, 0.3) is 0 Å². The van der Waals surface area contributed by atoms with Crippen LogP contribution < -0.4 is 21.3 Å². The molecule has 0 radical (unpaired) electrons. The first-order chi connectivity index (χ1) is 20.6. The average molecular weight is 536 g/mol. The molecule has 0 bridgehead atoms. The lowest BCUT2D eigenvalue weighted by molar-refractivity contribution is 0.632. The summed E-state index contributed by atoms with van der Waals surface area (Å²) in [6.45, 7) is 4.92. The number of hydrogen-bond acceptors (Lipinski definition) is 1. The molecule has 7 aromatic rings. The van der Waals surface area contributed by atoms with Crippen molar-refractivity contribution in [2.45, 2.75) is 19.3 Å². The molecule has 2 nitrogen and oxygen atoms in total. The summed E-state index contributed by atoms with van der Waals surface area (Å²) in [4.78, 5) is 2.54. The minimum absolute atomic E-state index is 0.126. The smallest absolute Gasteiger partial charge is 0.246 e. The molecule has 0 saturated heterocycles. The standard InChI is InChI=1S/C39H29BN2/c1-39(2)30-18-8-12-22-36(30)42-37-23-13-9-19-32(37)40(26-14-4-3-5-15-26)33-25-27(24-31(39)38(33)42)41-34-20-10-6-16-28(34)29-17-7-11-21-35(29)41/h3-25H,1-2H3. The van der Waals surface area contributed by atoms with E-state index in [9.17, 15) is 0 Å². The molecule has 0 amide bonds. The zero-order valence-electron chi connectivity index (χ0n) is 23.8. The third-order valence-electron chi connectivity index (χ3n) is 9.61. The fourth-order valence-corrected chi connectivity index (χ4v) is 7.74. The van der Waals surface area contributed by atoms with E-state index < -0.39 is 0 Å². The molecule has 2 aliphatic rings. The largest absolute Gasteiger partial charge is 0.311 e. The number of anilines is 3. The van der Waals surface area contributed by atoms with E-state index in [1.54, 1.807) is 0 Å². The third-order valence-corrected chi connectivity index (χ3v) is 9.61. The second-order valence-electron chi connectivity index (χ2n) is 12.2. The first-order valence-electron chi connectivity index (χ1n) is 14.8. The average Bonchev–Trinajstić information content (AvgIpc) is 3.37. The Morgan fingerprint density at radius 1 is 0.524 bits per heavy atom. The fraction of sp³-hybridized carbons (Fsp3) is 0.0769. The van der Waals surface area contributed by atoms with Crippen molar-refractivity contribution in [2.75, 3.05) is 4.90 Å². The van der Waals surface area contributed by atoms with E-state index in [1.807, 2.05) is 0 Å². The third kappa shape index (κ3) is 3.06. The molecule has 6 aromatic carbocycles. The molecule has 0 atom stereocenters. The highest BCUT2D eigenvalue weighted by atomic mass is 15.2. The van der Waals surface area contributed by atoms with E-state index in [4.69, 9.17) is 0 Å². The van der Waals surface area contributed by atoms with Crippen LogP contribution in [-0.4, -0.2) is 11.3 Å². The molecule has 0 N–H and O–H groups in total. The highest BCUT2D eigenvalue weighted by Gasteiger charge is 2.44. The van der Waals surface area contributed by atoms with Crippen LogP contribution >= 0.6 is 0 Å². The Labute approximate surface area is 246 Å². The van der Waals surface area contributed by atoms with E-state index in [0.717, 1.165) is 0 Å². The summed E-state index contributed by atoms with van der Waals surface area (Å²) < 4.78 is 2.48. The molecular weight excluding hydrogens is 507 g/mol. The molecule has 0 fully saturated rings. The van der Waals surface area contributed by atoms with Gasteiger partial charge in [0, 0.05) is 33.2 Å². The predicted octanol–water partition coefficient (Wildman–Crippen LogP) is 7.72. The van der Waals surface area contributed by atoms with Gasteiger partial charge in [0.2, 0.25) is 6.71 Å². The van der Waals surface area contributed by atoms with Gasteiger partial charge in [0.15, 0.2) is 0 Å². The molecule has 42 heavy (non-hydrogen) atoms. The minimum Gasteiger partial charge on any atom is -0.311 e. The lowest BCUT2D eigenvalue weighted by Crippen LogP contribution is -2.58. The normalized spacial score (nSPS) is 14.5. The van der Waals surface area contributed by atoms with E-state index in [1.165, 1.54) is 72.1 Å². The first kappa shape index (κ1) is 23.7. The quantitative estimate of drug-likeness (QED) is 0.205. The Balaban J connectivity index is 1.45. The van der Waals surface area contributed by atoms with Crippen LogP contribution in [0, 0.1) is 0 Å². The molecular formula is C39H29BN2. The van der Waals surface area contributed by atoms with Crippen LogP contribution in [0.4, 0.5) is 17.1 Å². The second-order valence-corrected chi connectivity index (χ2v) is 12.2. The molecule has 0 saturated carbocycles. The number of aromatic nitrogens is 1. The Morgan fingerprint density at radius 3 is 1.86 bits per heavy atom. The van der Waals surface area contributed by atoms with Crippen LogP contribution in [-0.2, 0) is 5.41 Å². The molecule has 0 aliphatic carbocycles. The summed E-state index contributed by atoms with van der Waals surface area (Å²) in [5.74, 6) is 0. The van der Waals surface area contributed by atoms with Crippen molar-refractivity contribution in [1.29, 1.82) is 0 Å². The van der Waals surface area contributed by atoms with Gasteiger partial charge < -0.3 is 9.47 Å². The van der Waals surface area contributed by atoms with Crippen molar-refractivity contribution in [3.63, 3.8) is 0 Å². The van der Waals surface area contributed by atoms with Gasteiger partial charge in [-0.3, -0.25) is 0 Å². The molecule has 0 unspecified atom stereocenters. The molecule has 1 aromatic heterocycles. The molecule has 2 aliphatic heterocycles. The second kappa shape index (κ2) is 8.50. The molecule has 0 spiro atoms. The highest BCUT2D eigenvalue weighted by molar-refractivity contribution is 6.98. The number of rotatable bonds is 2. The van der Waals surface area contributed by atoms with Crippen molar-refractivity contribution in [3.05, 3.63) is 151 Å². The summed E-state index contributed by atoms with van der Waals surface area (Å²) in [6.07, 6.45) is 0. The summed E-state index contributed by atoms with van der Waals surface area (Å²) in [7, 11) is 0. The monoisotopic (exact) mass is 536 g/mol. The zero-order valence-corrected chi connectivity index (χ0v) is 23.8. The van der Waals surface area contributed by atoms with E-state index >= 15 is 0 Å². The maximum Gasteiger partial charge on any atom is 0.246 e. The van der Waals surface area contributed by atoms with Crippen LogP contribution in [0.25, 0.3) is 27.5 Å². The van der Waals surface area contributed by atoms with Gasteiger partial charge in [-0.2, -0.15) is 0 Å². The molecule has 198 valence electrons. The molecule has 3 heterocycles. The maximum absolute atomic E-state index is 2.54. The summed E-state index contributed by atoms with van der Waals surface area (Å²) in [5, 5.41) is 2.58. The van der Waals surface area contributed by atoms with Gasteiger partial charge in [-0.05, 0) is 58.5 Å². The van der Waals surface area contributed by atoms with Crippen LogP contribution in [0.3, 0.4) is 0 Å². The van der Waals surface area contributed by atoms with Gasteiger partial charge in [-0.15, -0.1) is 0 Å². The van der Waals surface area contributed by atoms with Crippen molar-refractivity contribution < 1.29 is 0 Å². The summed E-state index contributed by atoms with van der Waals surface area (Å²) in [5.41, 5.74) is 14.1. The maximum atomic E-state index is 2.54. The molecule has 3 heteroatoms. The van der Waals surface area contributed by atoms with E-state index in [0.29, 0.717) is 0 Å². The van der Waals surface area contributed by atoms with Gasteiger partial charge in [-0.1, -0.05) is 122 Å². The fourth-order valence-electron chi connectivity index (χ4n) is 7.74. The number of hydrogen-bond donors (Lipinski definition) is 0. The van der Waals surface area contributed by atoms with Gasteiger partial charge in [0.05, 0.1) is 16.7 Å². The van der Waals surface area contributed by atoms with Crippen LogP contribution in [0.2, 0.25) is 0 Å². The van der Waals surface area contributed by atoms with Gasteiger partial charge in [0.1, 0.15) is 0 Å². The Morgan fingerprint density at radius 2 is 1.12 bits per heavy atom. The van der Waals surface area contributed by atoms with Crippen molar-refractivity contribution in [3.8, 4) is 5.69 Å². The van der Waals surface area contributed by atoms with Crippen molar-refractivity contribution >= 4 is 62.0 Å². The SMILES string of the molecule is CC1(C)c2ccccc2N2c3ccccc3B(c3ccccc3)c3cc(-n4c5ccccc5c5ccccc54)cc1c32. The molecule has 9 rings (SSSR count). The topological polar surface area (TPSA) is 8.17 Å². The zero-order chi connectivity index (χ0) is 28.0. The van der Waals surface area contributed by atoms with Crippen LogP contribution in [0.1, 0.15) is 25.0 Å². The Kier molecular flexibility index (Phi) is 4.79. The van der Waals surface area contributed by atoms with E-state index in [-0.39, 0.29) is 12.1 Å². The van der Waals surface area contributed by atoms with Gasteiger partial charge >= 0.3 is 0 Å². The Bertz CT molecular complexity index is 2140. The number of para-hydroxylation sites is 4. The number of benzene rings is 6. The van der Waals surface area contributed by atoms with Crippen molar-refractivity contribution in [2.24, 2.45) is 0 Å². The lowest BCUT2D eigenvalue weighted by atomic mass is 9.34. The summed E-state index contributed by atoms with van der Waals surface area (Å²) >= 11 is 0. The van der Waals surface area contributed by atoms with Crippen LogP contribution in [0.5, 0.6) is 0 Å². The number of nitrogens with zero attached hydrogens (tertiary/aromatic N) is 2. The number of fused-ring (bicyclic) bond motifs is 7. The summed E-state index contributed by atoms with van der Waals surface area (Å²) in [6, 6.07) is 51.6. The lowest BCUT2D eigenvalue weighted by Gasteiger charge is -2.47. The predicted molar refractivity (Wildman–Crippen MR) is 179 cm³/mol. The van der Waals surface area contributed by atoms with E-state index in [2.05, 4.69) is 163 Å². The minimum atomic E-state index is -0.181. The van der Waals surface area contributed by atoms with Crippen LogP contribution in [0.15, 0.2) is 140 Å². The highest BCUT2D eigenvalue weighted by Crippen LogP contribution is 2.52.